The predicted octanol–water partition coefficient (Wildman–Crippen LogP) is 9.90. The van der Waals surface area contributed by atoms with Gasteiger partial charge in [-0.1, -0.05) is 47.5 Å². The first-order valence-electron chi connectivity index (χ1n) is 18.7. The average molecular weight is 680 g/mol. The van der Waals surface area contributed by atoms with E-state index in [2.05, 4.69) is 0 Å². The van der Waals surface area contributed by atoms with Crippen LogP contribution in [0.2, 0.25) is 10.3 Å². The Balaban J connectivity index is 1.10. The Labute approximate surface area is 293 Å². The van der Waals surface area contributed by atoms with E-state index in [0.29, 0.717) is 28.9 Å². The van der Waals surface area contributed by atoms with Crippen molar-refractivity contribution >= 4 is 51.1 Å². The molecular formula is C41H44Cl2N4O. The third kappa shape index (κ3) is 4.95. The van der Waals surface area contributed by atoms with E-state index in [1.807, 2.05) is 48.5 Å². The minimum absolute atomic E-state index is 0.00187. The molecule has 8 fully saturated rings. The molecule has 12 rings (SSSR count). The molecule has 0 amide bonds. The summed E-state index contributed by atoms with van der Waals surface area (Å²) in [6.07, 6.45) is 16.2. The zero-order valence-corrected chi connectivity index (χ0v) is 29.1. The number of benzene rings is 2. The minimum Gasteiger partial charge on any atom is -0.299 e. The van der Waals surface area contributed by atoms with Crippen molar-refractivity contribution in [1.29, 1.82) is 0 Å². The monoisotopic (exact) mass is 678 g/mol. The molecule has 0 aliphatic heterocycles. The number of carbonyl (C=O) groups excluding carboxylic acids is 1. The van der Waals surface area contributed by atoms with Gasteiger partial charge in [-0.25, -0.2) is 19.9 Å². The molecule has 0 spiro atoms. The van der Waals surface area contributed by atoms with E-state index in [1.165, 1.54) is 77.0 Å². The van der Waals surface area contributed by atoms with Crippen molar-refractivity contribution in [2.24, 2.45) is 58.2 Å². The van der Waals surface area contributed by atoms with Crippen molar-refractivity contribution < 1.29 is 4.79 Å². The van der Waals surface area contributed by atoms with Gasteiger partial charge in [0.25, 0.3) is 0 Å². The summed E-state index contributed by atoms with van der Waals surface area (Å²) in [7, 11) is 0. The van der Waals surface area contributed by atoms with E-state index in [9.17, 15) is 0 Å². The maximum absolute atomic E-state index is 16.1. The van der Waals surface area contributed by atoms with Gasteiger partial charge in [0.2, 0.25) is 0 Å². The number of carbonyl (C=O) groups is 1. The number of fused-ring (bicyclic) bond motifs is 2. The number of aromatic nitrogens is 4. The second-order valence-electron chi connectivity index (χ2n) is 17.4. The molecule has 8 saturated carbocycles. The lowest BCUT2D eigenvalue weighted by molar-refractivity contribution is -0.156. The van der Waals surface area contributed by atoms with Gasteiger partial charge in [-0.15, -0.1) is 0 Å². The molecule has 248 valence electrons. The summed E-state index contributed by atoms with van der Waals surface area (Å²) in [6, 6.07) is 15.9. The first-order valence-corrected chi connectivity index (χ1v) is 19.4. The number of rotatable bonds is 8. The largest absolute Gasteiger partial charge is 0.299 e. The Hall–Kier alpha value is -2.63. The van der Waals surface area contributed by atoms with E-state index < -0.39 is 0 Å². The van der Waals surface area contributed by atoms with Crippen LogP contribution in [0.5, 0.6) is 0 Å². The number of halogens is 2. The maximum Gasteiger partial charge on any atom is 0.151 e. The Kier molecular flexibility index (Phi) is 7.04. The fourth-order valence-corrected chi connectivity index (χ4v) is 13.8. The molecule has 8 bridgehead atoms. The Morgan fingerprint density at radius 1 is 0.542 bits per heavy atom. The van der Waals surface area contributed by atoms with Gasteiger partial charge in [0.15, 0.2) is 10.3 Å². The Bertz CT molecular complexity index is 1730. The Morgan fingerprint density at radius 3 is 1.15 bits per heavy atom. The van der Waals surface area contributed by atoms with Crippen LogP contribution in [0.3, 0.4) is 0 Å². The zero-order valence-electron chi connectivity index (χ0n) is 27.6. The molecule has 0 N–H and O–H groups in total. The summed E-state index contributed by atoms with van der Waals surface area (Å²) in [5, 5.41) is 0.900. The van der Waals surface area contributed by atoms with Crippen molar-refractivity contribution in [3.8, 4) is 0 Å². The van der Waals surface area contributed by atoms with Crippen LogP contribution in [0.4, 0.5) is 0 Å². The molecule has 0 saturated heterocycles. The summed E-state index contributed by atoms with van der Waals surface area (Å²) in [5.74, 6) is 4.61. The lowest BCUT2D eigenvalue weighted by Gasteiger charge is -2.62. The SMILES string of the molecule is O=C(C(Cc1nc2ccccc2nc1Cl)C12CC3CC(CC(C3)C1)C2)C(Cc1nc2ccccc2nc1Cl)C12CC3CC(CC(C3)C1)C2. The number of hydrogen-bond donors (Lipinski definition) is 0. The second-order valence-corrected chi connectivity index (χ2v) is 18.1. The number of ketones is 1. The molecule has 2 aromatic carbocycles. The molecule has 4 aromatic rings. The fourth-order valence-electron chi connectivity index (χ4n) is 13.4. The molecule has 5 nitrogen and oxygen atoms in total. The van der Waals surface area contributed by atoms with Crippen LogP contribution in [0.1, 0.15) is 88.4 Å². The van der Waals surface area contributed by atoms with Crippen molar-refractivity contribution in [3.05, 3.63) is 70.2 Å². The second kappa shape index (κ2) is 11.2. The molecule has 2 aromatic heterocycles. The highest BCUT2D eigenvalue weighted by Crippen LogP contribution is 2.67. The molecule has 0 radical (unpaired) electrons. The van der Waals surface area contributed by atoms with Crippen molar-refractivity contribution in [2.45, 2.75) is 89.9 Å². The van der Waals surface area contributed by atoms with Gasteiger partial charge >= 0.3 is 0 Å². The van der Waals surface area contributed by atoms with Gasteiger partial charge in [0.1, 0.15) is 5.78 Å². The van der Waals surface area contributed by atoms with Gasteiger partial charge in [-0.2, -0.15) is 0 Å². The van der Waals surface area contributed by atoms with E-state index >= 15 is 4.79 Å². The van der Waals surface area contributed by atoms with Gasteiger partial charge < -0.3 is 0 Å². The average Bonchev–Trinajstić information content (AvgIpc) is 3.04. The fraction of sp³-hybridized carbons (Fsp3) is 0.585. The highest BCUT2D eigenvalue weighted by molar-refractivity contribution is 6.30. The van der Waals surface area contributed by atoms with Crippen molar-refractivity contribution in [1.82, 2.24) is 19.9 Å². The molecular weight excluding hydrogens is 635 g/mol. The molecule has 7 heteroatoms. The van der Waals surface area contributed by atoms with Crippen LogP contribution < -0.4 is 0 Å². The number of Topliss-reactive ketones (excluding diaryl/α,β-unsaturated/α-hetero) is 1. The van der Waals surface area contributed by atoms with Gasteiger partial charge in [-0.05, 0) is 148 Å². The van der Waals surface area contributed by atoms with Crippen molar-refractivity contribution in [3.63, 3.8) is 0 Å². The predicted molar refractivity (Wildman–Crippen MR) is 190 cm³/mol. The summed E-state index contributed by atoms with van der Waals surface area (Å²) in [4.78, 5) is 35.9. The van der Waals surface area contributed by atoms with E-state index in [4.69, 9.17) is 43.1 Å². The maximum atomic E-state index is 16.1. The number of nitrogens with zero attached hydrogens (tertiary/aromatic N) is 4. The molecule has 8 aliphatic rings. The lowest BCUT2D eigenvalue weighted by atomic mass is 9.42. The molecule has 48 heavy (non-hydrogen) atoms. The lowest BCUT2D eigenvalue weighted by Crippen LogP contribution is -2.57. The summed E-state index contributed by atoms with van der Waals surface area (Å²) in [5.41, 5.74) is 4.90. The quantitative estimate of drug-likeness (QED) is 0.186. The van der Waals surface area contributed by atoms with Crippen LogP contribution in [0.25, 0.3) is 22.1 Å². The van der Waals surface area contributed by atoms with Crippen molar-refractivity contribution in [2.75, 3.05) is 0 Å². The van der Waals surface area contributed by atoms with E-state index in [0.717, 1.165) is 69.0 Å². The van der Waals surface area contributed by atoms with Crippen LogP contribution in [0.15, 0.2) is 48.5 Å². The minimum atomic E-state index is -0.135. The highest BCUT2D eigenvalue weighted by Gasteiger charge is 2.60. The third-order valence-corrected chi connectivity index (χ3v) is 14.9. The molecule has 2 atom stereocenters. The smallest absolute Gasteiger partial charge is 0.151 e. The standard InChI is InChI=1S/C41H44Cl2N4O/c42-38-35(44-31-5-1-3-7-33(31)46-38)15-29(40-17-23-9-24(18-40)11-25(10-23)19-40)37(48)30(41-20-26-12-27(21-41)14-28(13-26)22-41)16-36-39(43)47-34-8-4-2-6-32(34)45-36/h1-8,23-30H,9-22H2. The summed E-state index contributed by atoms with van der Waals surface area (Å²) in [6.45, 7) is 0. The van der Waals surface area contributed by atoms with Crippen LogP contribution >= 0.6 is 23.2 Å². The topological polar surface area (TPSA) is 68.6 Å². The van der Waals surface area contributed by atoms with Gasteiger partial charge in [0.05, 0.1) is 33.5 Å². The third-order valence-electron chi connectivity index (χ3n) is 14.3. The molecule has 8 aliphatic carbocycles. The highest BCUT2D eigenvalue weighted by atomic mass is 35.5. The normalized spacial score (nSPS) is 35.8. The first-order chi connectivity index (χ1) is 23.3. The van der Waals surface area contributed by atoms with E-state index in [-0.39, 0.29) is 22.7 Å². The van der Waals surface area contributed by atoms with E-state index in [1.54, 1.807) is 0 Å². The molecule has 2 unspecified atom stereocenters. The number of para-hydroxylation sites is 4. The summed E-state index contributed by atoms with van der Waals surface area (Å²) < 4.78 is 0. The number of hydrogen-bond acceptors (Lipinski definition) is 5. The Morgan fingerprint density at radius 2 is 0.833 bits per heavy atom. The zero-order chi connectivity index (χ0) is 32.2. The first kappa shape index (κ1) is 30.2. The van der Waals surface area contributed by atoms with Gasteiger partial charge in [0, 0.05) is 24.7 Å². The molecule has 2 heterocycles. The van der Waals surface area contributed by atoms with Crippen LogP contribution in [0, 0.1) is 58.2 Å². The summed E-state index contributed by atoms with van der Waals surface area (Å²) >= 11 is 14.0. The van der Waals surface area contributed by atoms with Crippen LogP contribution in [-0.2, 0) is 17.6 Å². The van der Waals surface area contributed by atoms with Gasteiger partial charge in [-0.3, -0.25) is 4.79 Å². The van der Waals surface area contributed by atoms with Crippen LogP contribution in [-0.4, -0.2) is 25.7 Å².